The first-order valence-corrected chi connectivity index (χ1v) is 7.81. The number of nitrogens with zero attached hydrogens (tertiary/aromatic N) is 5. The number of rotatable bonds is 4. The van der Waals surface area contributed by atoms with Crippen molar-refractivity contribution in [2.24, 2.45) is 0 Å². The smallest absolute Gasteiger partial charge is 0.246 e. The molecule has 0 atom stereocenters. The fraction of sp³-hybridized carbons (Fsp3) is 0.500. The molecule has 1 fully saturated rings. The normalized spacial score (nSPS) is 15.0. The van der Waals surface area contributed by atoms with E-state index in [1.165, 1.54) is 16.8 Å². The van der Waals surface area contributed by atoms with Crippen molar-refractivity contribution in [1.29, 1.82) is 0 Å². The Morgan fingerprint density at radius 1 is 1.14 bits per heavy atom. The molecule has 1 aliphatic rings. The predicted octanol–water partition coefficient (Wildman–Crippen LogP) is 1.58. The van der Waals surface area contributed by atoms with E-state index in [2.05, 4.69) is 46.6 Å². The SMILES string of the molecule is Cc1ccc(Cc2nnn(CC(=O)N3CCCCC3)n2)cc1. The highest BCUT2D eigenvalue weighted by Gasteiger charge is 2.17. The Hall–Kier alpha value is -2.24. The van der Waals surface area contributed by atoms with Crippen LogP contribution >= 0.6 is 0 Å². The second-order valence-electron chi connectivity index (χ2n) is 5.84. The Morgan fingerprint density at radius 3 is 2.59 bits per heavy atom. The van der Waals surface area contributed by atoms with E-state index in [0.717, 1.165) is 31.5 Å². The molecular formula is C16H21N5O. The molecule has 3 rings (SSSR count). The molecule has 2 aromatic rings. The van der Waals surface area contributed by atoms with Gasteiger partial charge in [-0.25, -0.2) is 0 Å². The summed E-state index contributed by atoms with van der Waals surface area (Å²) in [5.74, 6) is 0.731. The summed E-state index contributed by atoms with van der Waals surface area (Å²) in [6.45, 7) is 3.94. The van der Waals surface area contributed by atoms with Gasteiger partial charge in [-0.05, 0) is 37.0 Å². The first kappa shape index (κ1) is 14.7. The Kier molecular flexibility index (Phi) is 4.46. The highest BCUT2D eigenvalue weighted by Crippen LogP contribution is 2.09. The minimum atomic E-state index is 0.0824. The Balaban J connectivity index is 1.58. The van der Waals surface area contributed by atoms with Gasteiger partial charge in [0.1, 0.15) is 6.54 Å². The van der Waals surface area contributed by atoms with Crippen LogP contribution in [0.4, 0.5) is 0 Å². The van der Waals surface area contributed by atoms with Gasteiger partial charge in [-0.2, -0.15) is 4.80 Å². The van der Waals surface area contributed by atoms with Gasteiger partial charge in [-0.3, -0.25) is 4.79 Å². The molecule has 116 valence electrons. The van der Waals surface area contributed by atoms with Crippen molar-refractivity contribution in [1.82, 2.24) is 25.1 Å². The first-order chi connectivity index (χ1) is 10.7. The summed E-state index contributed by atoms with van der Waals surface area (Å²) in [7, 11) is 0. The summed E-state index contributed by atoms with van der Waals surface area (Å²) in [6, 6.07) is 8.27. The number of carbonyl (C=O) groups is 1. The van der Waals surface area contributed by atoms with Crippen molar-refractivity contribution in [3.8, 4) is 0 Å². The number of benzene rings is 1. The van der Waals surface area contributed by atoms with Crippen molar-refractivity contribution >= 4 is 5.91 Å². The Labute approximate surface area is 130 Å². The van der Waals surface area contributed by atoms with Crippen molar-refractivity contribution < 1.29 is 4.79 Å². The molecular weight excluding hydrogens is 278 g/mol. The standard InChI is InChI=1S/C16H21N5O/c1-13-5-7-14(8-6-13)11-15-17-19-21(18-15)12-16(22)20-9-3-2-4-10-20/h5-8H,2-4,9-12H2,1H3. The monoisotopic (exact) mass is 299 g/mol. The van der Waals surface area contributed by atoms with Crippen LogP contribution in [0.5, 0.6) is 0 Å². The Bertz CT molecular complexity index is 628. The van der Waals surface area contributed by atoms with Crippen LogP contribution in [-0.2, 0) is 17.8 Å². The van der Waals surface area contributed by atoms with E-state index in [0.29, 0.717) is 12.2 Å². The van der Waals surface area contributed by atoms with Crippen LogP contribution in [0, 0.1) is 6.92 Å². The number of hydrogen-bond donors (Lipinski definition) is 0. The molecule has 6 nitrogen and oxygen atoms in total. The number of piperidine rings is 1. The van der Waals surface area contributed by atoms with E-state index in [-0.39, 0.29) is 12.5 Å². The zero-order chi connectivity index (χ0) is 15.4. The fourth-order valence-electron chi connectivity index (χ4n) is 2.67. The topological polar surface area (TPSA) is 63.9 Å². The van der Waals surface area contributed by atoms with Gasteiger partial charge < -0.3 is 4.90 Å². The summed E-state index contributed by atoms with van der Waals surface area (Å²) in [5, 5.41) is 12.3. The molecule has 0 spiro atoms. The molecule has 0 unspecified atom stereocenters. The maximum Gasteiger partial charge on any atom is 0.246 e. The molecule has 1 amide bonds. The maximum absolute atomic E-state index is 12.2. The van der Waals surface area contributed by atoms with Crippen molar-refractivity contribution in [2.45, 2.75) is 39.2 Å². The lowest BCUT2D eigenvalue weighted by molar-refractivity contribution is -0.133. The predicted molar refractivity (Wildman–Crippen MR) is 82.2 cm³/mol. The second-order valence-corrected chi connectivity index (χ2v) is 5.84. The summed E-state index contributed by atoms with van der Waals surface area (Å²) < 4.78 is 0. The lowest BCUT2D eigenvalue weighted by atomic mass is 10.1. The molecule has 6 heteroatoms. The Morgan fingerprint density at radius 2 is 1.86 bits per heavy atom. The molecule has 1 aromatic heterocycles. The van der Waals surface area contributed by atoms with E-state index in [9.17, 15) is 4.79 Å². The summed E-state index contributed by atoms with van der Waals surface area (Å²) >= 11 is 0. The number of carbonyl (C=O) groups excluding carboxylic acids is 1. The van der Waals surface area contributed by atoms with E-state index in [1.807, 2.05) is 4.90 Å². The molecule has 0 saturated carbocycles. The molecule has 1 saturated heterocycles. The van der Waals surface area contributed by atoms with E-state index in [4.69, 9.17) is 0 Å². The maximum atomic E-state index is 12.2. The van der Waals surface area contributed by atoms with Gasteiger partial charge in [0.2, 0.25) is 5.91 Å². The fourth-order valence-corrected chi connectivity index (χ4v) is 2.67. The molecule has 1 aliphatic heterocycles. The molecule has 1 aromatic carbocycles. The molecule has 0 radical (unpaired) electrons. The van der Waals surface area contributed by atoms with Gasteiger partial charge in [-0.15, -0.1) is 10.2 Å². The van der Waals surface area contributed by atoms with Gasteiger partial charge in [0, 0.05) is 19.5 Å². The highest BCUT2D eigenvalue weighted by atomic mass is 16.2. The third kappa shape index (κ3) is 3.69. The van der Waals surface area contributed by atoms with E-state index in [1.54, 1.807) is 0 Å². The third-order valence-corrected chi connectivity index (χ3v) is 3.96. The number of aromatic nitrogens is 4. The third-order valence-electron chi connectivity index (χ3n) is 3.96. The van der Waals surface area contributed by atoms with Gasteiger partial charge in [0.15, 0.2) is 5.82 Å². The van der Waals surface area contributed by atoms with Gasteiger partial charge >= 0.3 is 0 Å². The summed E-state index contributed by atoms with van der Waals surface area (Å²) in [6.07, 6.45) is 4.04. The van der Waals surface area contributed by atoms with Crippen LogP contribution in [0.2, 0.25) is 0 Å². The molecule has 2 heterocycles. The van der Waals surface area contributed by atoms with Crippen molar-refractivity contribution in [2.75, 3.05) is 13.1 Å². The minimum absolute atomic E-state index is 0.0824. The molecule has 0 N–H and O–H groups in total. The van der Waals surface area contributed by atoms with Crippen LogP contribution in [-0.4, -0.2) is 44.1 Å². The average molecular weight is 299 g/mol. The number of hydrogen-bond acceptors (Lipinski definition) is 4. The first-order valence-electron chi connectivity index (χ1n) is 7.81. The molecule has 22 heavy (non-hydrogen) atoms. The number of tetrazole rings is 1. The lowest BCUT2D eigenvalue weighted by Crippen LogP contribution is -2.38. The quantitative estimate of drug-likeness (QED) is 0.860. The largest absolute Gasteiger partial charge is 0.341 e. The summed E-state index contributed by atoms with van der Waals surface area (Å²) in [5.41, 5.74) is 2.37. The highest BCUT2D eigenvalue weighted by molar-refractivity contribution is 5.75. The van der Waals surface area contributed by atoms with Crippen LogP contribution in [0.1, 0.15) is 36.2 Å². The summed E-state index contributed by atoms with van der Waals surface area (Å²) in [4.78, 5) is 15.5. The van der Waals surface area contributed by atoms with E-state index < -0.39 is 0 Å². The lowest BCUT2D eigenvalue weighted by Gasteiger charge is -2.26. The zero-order valence-electron chi connectivity index (χ0n) is 12.9. The van der Waals surface area contributed by atoms with Crippen LogP contribution in [0.3, 0.4) is 0 Å². The van der Waals surface area contributed by atoms with Gasteiger partial charge in [-0.1, -0.05) is 29.8 Å². The number of aryl methyl sites for hydroxylation is 1. The van der Waals surface area contributed by atoms with Crippen LogP contribution in [0.15, 0.2) is 24.3 Å². The average Bonchev–Trinajstić information content (AvgIpc) is 2.97. The molecule has 0 aliphatic carbocycles. The number of amides is 1. The van der Waals surface area contributed by atoms with Crippen molar-refractivity contribution in [3.63, 3.8) is 0 Å². The zero-order valence-corrected chi connectivity index (χ0v) is 12.9. The van der Waals surface area contributed by atoms with Gasteiger partial charge in [0.05, 0.1) is 0 Å². The molecule has 0 bridgehead atoms. The minimum Gasteiger partial charge on any atom is -0.341 e. The van der Waals surface area contributed by atoms with Gasteiger partial charge in [0.25, 0.3) is 0 Å². The number of likely N-dealkylation sites (tertiary alicyclic amines) is 1. The van der Waals surface area contributed by atoms with Crippen LogP contribution < -0.4 is 0 Å². The second kappa shape index (κ2) is 6.68. The van der Waals surface area contributed by atoms with Crippen molar-refractivity contribution in [3.05, 3.63) is 41.2 Å². The van der Waals surface area contributed by atoms with Crippen LogP contribution in [0.25, 0.3) is 0 Å². The van der Waals surface area contributed by atoms with E-state index >= 15 is 0 Å².